The fourth-order valence-corrected chi connectivity index (χ4v) is 0.947. The van der Waals surface area contributed by atoms with E-state index in [0.717, 1.165) is 5.56 Å². The third kappa shape index (κ3) is 3.61. The van der Waals surface area contributed by atoms with Gasteiger partial charge in [0, 0.05) is 7.11 Å². The molecule has 14 heavy (non-hydrogen) atoms. The predicted octanol–water partition coefficient (Wildman–Crippen LogP) is 3.28. The van der Waals surface area contributed by atoms with E-state index in [4.69, 9.17) is 4.74 Å². The largest absolute Gasteiger partial charge is 0.374 e. The van der Waals surface area contributed by atoms with Gasteiger partial charge < -0.3 is 4.74 Å². The first-order valence-electron chi connectivity index (χ1n) is 4.68. The fourth-order valence-electron chi connectivity index (χ4n) is 0.947. The zero-order valence-electron chi connectivity index (χ0n) is 8.95. The summed E-state index contributed by atoms with van der Waals surface area (Å²) in [6.07, 6.45) is 3.86. The molecule has 0 unspecified atom stereocenters. The Bertz CT molecular complexity index is 330. The molecule has 1 nitrogen and oxygen atoms in total. The molecule has 1 rings (SSSR count). The molecule has 0 N–H and O–H groups in total. The van der Waals surface area contributed by atoms with Crippen LogP contribution >= 0.6 is 0 Å². The minimum atomic E-state index is -0.245. The molecule has 0 heterocycles. The van der Waals surface area contributed by atoms with Gasteiger partial charge in [0.1, 0.15) is 0 Å². The van der Waals surface area contributed by atoms with E-state index < -0.39 is 0 Å². The molecule has 0 aliphatic rings. The van der Waals surface area contributed by atoms with Crippen molar-refractivity contribution in [3.63, 3.8) is 0 Å². The second kappa shape index (κ2) is 4.80. The Morgan fingerprint density at radius 3 is 2.43 bits per heavy atom. The standard InChI is InChI=1S/C13H16O/c1-13(2,14-3)11-7-10-12-8-5-4-6-9-12/h4-6,8-11H,1-3H3. The molecule has 0 spiro atoms. The van der Waals surface area contributed by atoms with Crippen molar-refractivity contribution in [1.82, 2.24) is 0 Å². The first-order chi connectivity index (χ1) is 6.64. The van der Waals surface area contributed by atoms with E-state index in [-0.39, 0.29) is 5.60 Å². The van der Waals surface area contributed by atoms with Gasteiger partial charge in [-0.1, -0.05) is 30.3 Å². The molecular weight excluding hydrogens is 172 g/mol. The topological polar surface area (TPSA) is 9.23 Å². The van der Waals surface area contributed by atoms with Crippen LogP contribution in [0.3, 0.4) is 0 Å². The maximum atomic E-state index is 5.24. The van der Waals surface area contributed by atoms with Crippen LogP contribution in [0.1, 0.15) is 19.4 Å². The zero-order valence-corrected chi connectivity index (χ0v) is 8.95. The van der Waals surface area contributed by atoms with Crippen molar-refractivity contribution in [3.8, 4) is 0 Å². The van der Waals surface area contributed by atoms with Crippen LogP contribution in [0.2, 0.25) is 0 Å². The van der Waals surface area contributed by atoms with E-state index in [1.165, 1.54) is 0 Å². The minimum absolute atomic E-state index is 0.245. The molecule has 1 aromatic rings. The number of benzene rings is 1. The molecular formula is C13H16O. The Hall–Kier alpha value is -1.30. The van der Waals surface area contributed by atoms with Gasteiger partial charge >= 0.3 is 0 Å². The van der Waals surface area contributed by atoms with Crippen LogP contribution in [-0.4, -0.2) is 12.7 Å². The number of hydrogen-bond donors (Lipinski definition) is 0. The lowest BCUT2D eigenvalue weighted by Crippen LogP contribution is -2.17. The first-order valence-corrected chi connectivity index (χ1v) is 4.68. The molecule has 0 bridgehead atoms. The van der Waals surface area contributed by atoms with E-state index in [1.54, 1.807) is 7.11 Å². The predicted molar refractivity (Wildman–Crippen MR) is 60.1 cm³/mol. The minimum Gasteiger partial charge on any atom is -0.374 e. The Morgan fingerprint density at radius 1 is 1.21 bits per heavy atom. The van der Waals surface area contributed by atoms with E-state index in [2.05, 4.69) is 5.73 Å². The molecule has 0 aromatic heterocycles. The van der Waals surface area contributed by atoms with Gasteiger partial charge in [0.15, 0.2) is 0 Å². The van der Waals surface area contributed by atoms with Gasteiger partial charge in [-0.3, -0.25) is 0 Å². The van der Waals surface area contributed by atoms with Gasteiger partial charge in [-0.05, 0) is 31.6 Å². The monoisotopic (exact) mass is 188 g/mol. The van der Waals surface area contributed by atoms with Gasteiger partial charge in [0.05, 0.1) is 5.60 Å². The molecule has 0 atom stereocenters. The van der Waals surface area contributed by atoms with Crippen molar-refractivity contribution in [2.24, 2.45) is 0 Å². The number of rotatable bonds is 3. The van der Waals surface area contributed by atoms with E-state index >= 15 is 0 Å². The second-order valence-corrected chi connectivity index (χ2v) is 3.67. The highest BCUT2D eigenvalue weighted by atomic mass is 16.5. The lowest BCUT2D eigenvalue weighted by Gasteiger charge is -2.15. The molecule has 0 aliphatic carbocycles. The summed E-state index contributed by atoms with van der Waals surface area (Å²) >= 11 is 0. The van der Waals surface area contributed by atoms with E-state index in [1.807, 2.05) is 56.3 Å². The summed E-state index contributed by atoms with van der Waals surface area (Å²) in [7, 11) is 1.70. The van der Waals surface area contributed by atoms with Gasteiger partial charge in [0.25, 0.3) is 0 Å². The van der Waals surface area contributed by atoms with Crippen molar-refractivity contribution in [2.45, 2.75) is 19.4 Å². The van der Waals surface area contributed by atoms with Gasteiger partial charge in [-0.2, -0.15) is 0 Å². The summed E-state index contributed by atoms with van der Waals surface area (Å²) < 4.78 is 5.24. The van der Waals surface area contributed by atoms with Crippen molar-refractivity contribution < 1.29 is 4.74 Å². The Balaban J connectivity index is 2.74. The van der Waals surface area contributed by atoms with Gasteiger partial charge in [-0.15, -0.1) is 5.73 Å². The van der Waals surface area contributed by atoms with E-state index in [0.29, 0.717) is 0 Å². The lowest BCUT2D eigenvalue weighted by atomic mass is 10.1. The van der Waals surface area contributed by atoms with Crippen molar-refractivity contribution in [2.75, 3.05) is 7.11 Å². The molecule has 0 aliphatic heterocycles. The average Bonchev–Trinajstić information content (AvgIpc) is 2.19. The van der Waals surface area contributed by atoms with Crippen LogP contribution in [0.25, 0.3) is 6.08 Å². The summed E-state index contributed by atoms with van der Waals surface area (Å²) in [6.45, 7) is 4.00. The lowest BCUT2D eigenvalue weighted by molar-refractivity contribution is 0.0658. The summed E-state index contributed by atoms with van der Waals surface area (Å²) in [5, 5.41) is 0. The van der Waals surface area contributed by atoms with E-state index in [9.17, 15) is 0 Å². The highest BCUT2D eigenvalue weighted by Crippen LogP contribution is 2.08. The number of methoxy groups -OCH3 is 1. The highest BCUT2D eigenvalue weighted by Gasteiger charge is 2.09. The molecule has 0 saturated carbocycles. The van der Waals surface area contributed by atoms with Crippen LogP contribution in [0.5, 0.6) is 0 Å². The van der Waals surface area contributed by atoms with Crippen molar-refractivity contribution in [3.05, 3.63) is 47.7 Å². The summed E-state index contributed by atoms with van der Waals surface area (Å²) in [5.41, 5.74) is 4.02. The number of hydrogen-bond acceptors (Lipinski definition) is 1. The molecule has 0 amide bonds. The molecule has 0 saturated heterocycles. The summed E-state index contributed by atoms with van der Waals surface area (Å²) in [5.74, 6) is 0. The molecule has 0 radical (unpaired) electrons. The van der Waals surface area contributed by atoms with Crippen molar-refractivity contribution >= 4 is 6.08 Å². The molecule has 1 aromatic carbocycles. The maximum Gasteiger partial charge on any atom is 0.0875 e. The normalized spacial score (nSPS) is 10.5. The van der Waals surface area contributed by atoms with Crippen molar-refractivity contribution in [1.29, 1.82) is 0 Å². The van der Waals surface area contributed by atoms with Crippen LogP contribution in [-0.2, 0) is 4.74 Å². The highest BCUT2D eigenvalue weighted by molar-refractivity contribution is 5.48. The average molecular weight is 188 g/mol. The first kappa shape index (κ1) is 10.8. The van der Waals surface area contributed by atoms with Crippen LogP contribution in [0, 0.1) is 0 Å². The second-order valence-electron chi connectivity index (χ2n) is 3.67. The molecule has 74 valence electrons. The molecule has 0 fully saturated rings. The smallest absolute Gasteiger partial charge is 0.0875 e. The fraction of sp³-hybridized carbons (Fsp3) is 0.308. The third-order valence-electron chi connectivity index (χ3n) is 2.01. The SMILES string of the molecule is COC(C)(C)C=C=Cc1ccccc1. The zero-order chi connectivity index (χ0) is 10.4. The van der Waals surface area contributed by atoms with Gasteiger partial charge in [0.2, 0.25) is 0 Å². The maximum absolute atomic E-state index is 5.24. The Morgan fingerprint density at radius 2 is 1.86 bits per heavy atom. The van der Waals surface area contributed by atoms with Crippen LogP contribution < -0.4 is 0 Å². The summed E-state index contributed by atoms with van der Waals surface area (Å²) in [6, 6.07) is 10.1. The Labute approximate surface area is 85.7 Å². The quantitative estimate of drug-likeness (QED) is 0.661. The molecule has 1 heteroatoms. The van der Waals surface area contributed by atoms with Crippen LogP contribution in [0.15, 0.2) is 42.1 Å². The Kier molecular flexibility index (Phi) is 3.70. The summed E-state index contributed by atoms with van der Waals surface area (Å²) in [4.78, 5) is 0. The third-order valence-corrected chi connectivity index (χ3v) is 2.01. The number of ether oxygens (including phenoxy) is 1. The van der Waals surface area contributed by atoms with Crippen LogP contribution in [0.4, 0.5) is 0 Å². The van der Waals surface area contributed by atoms with Gasteiger partial charge in [-0.25, -0.2) is 0 Å².